The van der Waals surface area contributed by atoms with E-state index in [0.717, 1.165) is 23.4 Å². The van der Waals surface area contributed by atoms with Gasteiger partial charge in [-0.25, -0.2) is 4.98 Å². The summed E-state index contributed by atoms with van der Waals surface area (Å²) in [6.45, 7) is 9.71. The largest absolute Gasteiger partial charge is 0.353 e. The molecule has 3 heteroatoms. The second-order valence-electron chi connectivity index (χ2n) is 3.12. The van der Waals surface area contributed by atoms with E-state index in [1.807, 2.05) is 12.3 Å². The Labute approximate surface area is 93.8 Å². The van der Waals surface area contributed by atoms with Crippen molar-refractivity contribution in [3.05, 3.63) is 35.0 Å². The van der Waals surface area contributed by atoms with E-state index >= 15 is 0 Å². The minimum atomic E-state index is 0.839. The van der Waals surface area contributed by atoms with E-state index in [9.17, 15) is 0 Å². The number of aryl methyl sites for hydroxylation is 1. The SMILES string of the molecule is C=CCN(CC)c1ncc(Br)cc1C. The molecule has 0 aromatic carbocycles. The Balaban J connectivity index is 2.97. The molecule has 0 N–H and O–H groups in total. The van der Waals surface area contributed by atoms with Crippen molar-refractivity contribution in [2.45, 2.75) is 13.8 Å². The lowest BCUT2D eigenvalue weighted by Crippen LogP contribution is -2.24. The van der Waals surface area contributed by atoms with Crippen molar-refractivity contribution >= 4 is 21.7 Å². The van der Waals surface area contributed by atoms with Gasteiger partial charge in [-0.1, -0.05) is 6.08 Å². The van der Waals surface area contributed by atoms with Gasteiger partial charge < -0.3 is 4.90 Å². The molecule has 1 rings (SSSR count). The molecule has 1 aromatic rings. The molecule has 2 nitrogen and oxygen atoms in total. The van der Waals surface area contributed by atoms with Crippen LogP contribution in [0.5, 0.6) is 0 Å². The molecule has 1 aromatic heterocycles. The van der Waals surface area contributed by atoms with Crippen molar-refractivity contribution in [3.8, 4) is 0 Å². The molecule has 76 valence electrons. The number of pyridine rings is 1. The quantitative estimate of drug-likeness (QED) is 0.768. The van der Waals surface area contributed by atoms with Crippen LogP contribution in [-0.4, -0.2) is 18.1 Å². The van der Waals surface area contributed by atoms with Crippen LogP contribution < -0.4 is 4.90 Å². The van der Waals surface area contributed by atoms with Crippen LogP contribution in [0.15, 0.2) is 29.4 Å². The number of aromatic nitrogens is 1. The fourth-order valence-electron chi connectivity index (χ4n) is 1.39. The average molecular weight is 255 g/mol. The second kappa shape index (κ2) is 5.15. The third kappa shape index (κ3) is 2.58. The van der Waals surface area contributed by atoms with Gasteiger partial charge in [0.1, 0.15) is 5.82 Å². The first-order valence-corrected chi connectivity index (χ1v) is 5.46. The zero-order valence-corrected chi connectivity index (χ0v) is 10.2. The standard InChI is InChI=1S/C11H15BrN2/c1-4-6-14(5-2)11-9(3)7-10(12)8-13-11/h4,7-8H,1,5-6H2,2-3H3. The van der Waals surface area contributed by atoms with Gasteiger partial charge in [0.2, 0.25) is 0 Å². The lowest BCUT2D eigenvalue weighted by atomic mass is 10.2. The molecule has 0 saturated carbocycles. The maximum absolute atomic E-state index is 4.40. The zero-order chi connectivity index (χ0) is 10.6. The van der Waals surface area contributed by atoms with E-state index in [2.05, 4.69) is 52.3 Å². The average Bonchev–Trinajstić information content (AvgIpc) is 2.15. The van der Waals surface area contributed by atoms with Gasteiger partial charge in [-0.05, 0) is 41.4 Å². The molecule has 0 aliphatic heterocycles. The number of hydrogen-bond acceptors (Lipinski definition) is 2. The number of nitrogens with zero attached hydrogens (tertiary/aromatic N) is 2. The first-order valence-electron chi connectivity index (χ1n) is 4.67. The predicted molar refractivity (Wildman–Crippen MR) is 64.8 cm³/mol. The summed E-state index contributed by atoms with van der Waals surface area (Å²) < 4.78 is 1.02. The number of anilines is 1. The summed E-state index contributed by atoms with van der Waals surface area (Å²) in [4.78, 5) is 6.59. The molecule has 0 aliphatic carbocycles. The van der Waals surface area contributed by atoms with Gasteiger partial charge in [-0.3, -0.25) is 0 Å². The van der Waals surface area contributed by atoms with Crippen LogP contribution in [0.2, 0.25) is 0 Å². The van der Waals surface area contributed by atoms with E-state index in [-0.39, 0.29) is 0 Å². The van der Waals surface area contributed by atoms with E-state index in [1.54, 1.807) is 0 Å². The minimum Gasteiger partial charge on any atom is -0.353 e. The third-order valence-electron chi connectivity index (χ3n) is 2.05. The van der Waals surface area contributed by atoms with Crippen molar-refractivity contribution in [3.63, 3.8) is 0 Å². The Morgan fingerprint density at radius 2 is 2.36 bits per heavy atom. The Morgan fingerprint density at radius 3 is 2.86 bits per heavy atom. The molecular formula is C11H15BrN2. The van der Waals surface area contributed by atoms with Crippen LogP contribution in [0.4, 0.5) is 5.82 Å². The smallest absolute Gasteiger partial charge is 0.131 e. The highest BCUT2D eigenvalue weighted by Gasteiger charge is 2.07. The Hall–Kier alpha value is -0.830. The van der Waals surface area contributed by atoms with Crippen LogP contribution >= 0.6 is 15.9 Å². The van der Waals surface area contributed by atoms with Crippen molar-refractivity contribution in [2.75, 3.05) is 18.0 Å². The summed E-state index contributed by atoms with van der Waals surface area (Å²) in [5.41, 5.74) is 1.18. The number of rotatable bonds is 4. The van der Waals surface area contributed by atoms with Crippen molar-refractivity contribution in [1.82, 2.24) is 4.98 Å². The molecule has 0 spiro atoms. The monoisotopic (exact) mass is 254 g/mol. The molecule has 0 amide bonds. The Morgan fingerprint density at radius 1 is 1.64 bits per heavy atom. The van der Waals surface area contributed by atoms with E-state index < -0.39 is 0 Å². The van der Waals surface area contributed by atoms with Gasteiger partial charge in [0.25, 0.3) is 0 Å². The molecule has 0 atom stereocenters. The number of halogens is 1. The summed E-state index contributed by atoms with van der Waals surface area (Å²) >= 11 is 3.41. The molecule has 0 unspecified atom stereocenters. The highest BCUT2D eigenvalue weighted by Crippen LogP contribution is 2.20. The van der Waals surface area contributed by atoms with E-state index in [0.29, 0.717) is 0 Å². The van der Waals surface area contributed by atoms with Gasteiger partial charge in [0.05, 0.1) is 0 Å². The Bertz CT molecular complexity index is 323. The van der Waals surface area contributed by atoms with Gasteiger partial charge in [0, 0.05) is 23.8 Å². The van der Waals surface area contributed by atoms with Gasteiger partial charge >= 0.3 is 0 Å². The number of hydrogen-bond donors (Lipinski definition) is 0. The third-order valence-corrected chi connectivity index (χ3v) is 2.48. The molecule has 1 heterocycles. The lowest BCUT2D eigenvalue weighted by molar-refractivity contribution is 0.875. The Kier molecular flexibility index (Phi) is 4.14. The predicted octanol–water partition coefficient (Wildman–Crippen LogP) is 3.16. The number of likely N-dealkylation sites (N-methyl/N-ethyl adjacent to an activating group) is 1. The topological polar surface area (TPSA) is 16.1 Å². The van der Waals surface area contributed by atoms with E-state index in [4.69, 9.17) is 0 Å². The summed E-state index contributed by atoms with van der Waals surface area (Å²) in [5, 5.41) is 0. The van der Waals surface area contributed by atoms with Crippen LogP contribution in [0.3, 0.4) is 0 Å². The van der Waals surface area contributed by atoms with Crippen molar-refractivity contribution < 1.29 is 0 Å². The van der Waals surface area contributed by atoms with Gasteiger partial charge in [-0.15, -0.1) is 6.58 Å². The zero-order valence-electron chi connectivity index (χ0n) is 8.63. The molecular weight excluding hydrogens is 240 g/mol. The molecule has 0 bridgehead atoms. The molecule has 0 radical (unpaired) electrons. The van der Waals surface area contributed by atoms with Gasteiger partial charge in [-0.2, -0.15) is 0 Å². The van der Waals surface area contributed by atoms with Crippen molar-refractivity contribution in [1.29, 1.82) is 0 Å². The highest BCUT2D eigenvalue weighted by atomic mass is 79.9. The fourth-order valence-corrected chi connectivity index (χ4v) is 1.83. The molecule has 14 heavy (non-hydrogen) atoms. The summed E-state index contributed by atoms with van der Waals surface area (Å²) in [5.74, 6) is 1.04. The lowest BCUT2D eigenvalue weighted by Gasteiger charge is -2.21. The van der Waals surface area contributed by atoms with Crippen molar-refractivity contribution in [2.24, 2.45) is 0 Å². The normalized spacial score (nSPS) is 9.93. The second-order valence-corrected chi connectivity index (χ2v) is 4.04. The fraction of sp³-hybridized carbons (Fsp3) is 0.364. The summed E-state index contributed by atoms with van der Waals surface area (Å²) in [6.07, 6.45) is 3.72. The minimum absolute atomic E-state index is 0.839. The summed E-state index contributed by atoms with van der Waals surface area (Å²) in [6, 6.07) is 2.08. The maximum Gasteiger partial charge on any atom is 0.131 e. The van der Waals surface area contributed by atoms with Crippen LogP contribution in [-0.2, 0) is 0 Å². The van der Waals surface area contributed by atoms with Crippen LogP contribution in [0.25, 0.3) is 0 Å². The summed E-state index contributed by atoms with van der Waals surface area (Å²) in [7, 11) is 0. The first kappa shape index (κ1) is 11.2. The molecule has 0 saturated heterocycles. The van der Waals surface area contributed by atoms with Crippen LogP contribution in [0, 0.1) is 6.92 Å². The first-order chi connectivity index (χ1) is 6.69. The molecule has 0 aliphatic rings. The van der Waals surface area contributed by atoms with Gasteiger partial charge in [0.15, 0.2) is 0 Å². The van der Waals surface area contributed by atoms with Crippen LogP contribution in [0.1, 0.15) is 12.5 Å². The maximum atomic E-state index is 4.40. The van der Waals surface area contributed by atoms with E-state index in [1.165, 1.54) is 5.56 Å². The molecule has 0 fully saturated rings. The highest BCUT2D eigenvalue weighted by molar-refractivity contribution is 9.10.